The van der Waals surface area contributed by atoms with Crippen molar-refractivity contribution in [1.82, 2.24) is 0 Å². The molecule has 0 aliphatic carbocycles. The van der Waals surface area contributed by atoms with Crippen LogP contribution in [0.5, 0.6) is 5.75 Å². The molecule has 0 aromatic heterocycles. The van der Waals surface area contributed by atoms with Crippen molar-refractivity contribution in [1.29, 1.82) is 0 Å². The van der Waals surface area contributed by atoms with E-state index in [0.29, 0.717) is 18.0 Å². The quantitative estimate of drug-likeness (QED) is 0.650. The summed E-state index contributed by atoms with van der Waals surface area (Å²) in [5.74, 6) is -1.08. The Morgan fingerprint density at radius 3 is 2.67 bits per heavy atom. The summed E-state index contributed by atoms with van der Waals surface area (Å²) in [6.07, 6.45) is 3.96. The number of anilines is 1. The summed E-state index contributed by atoms with van der Waals surface area (Å²) < 4.78 is 11.2. The highest BCUT2D eigenvalue weighted by atomic mass is 16.5. The summed E-state index contributed by atoms with van der Waals surface area (Å²) in [6.45, 7) is 2.34. The van der Waals surface area contributed by atoms with E-state index in [9.17, 15) is 14.7 Å². The monoisotopic (exact) mass is 329 g/mol. The van der Waals surface area contributed by atoms with E-state index in [4.69, 9.17) is 9.47 Å². The first-order valence-electron chi connectivity index (χ1n) is 8.20. The molecule has 0 radical (unpaired) electrons. The number of aliphatic hydroxyl groups is 1. The molecule has 3 heterocycles. The summed E-state index contributed by atoms with van der Waals surface area (Å²) in [4.78, 5) is 26.9. The van der Waals surface area contributed by atoms with Crippen LogP contribution < -0.4 is 9.64 Å². The molecule has 6 nitrogen and oxygen atoms in total. The average molecular weight is 329 g/mol. The third-order valence-corrected chi connectivity index (χ3v) is 4.97. The third kappa shape index (κ3) is 1.96. The molecule has 4 rings (SSSR count). The maximum atomic E-state index is 12.9. The van der Waals surface area contributed by atoms with Gasteiger partial charge in [0.1, 0.15) is 11.4 Å². The van der Waals surface area contributed by atoms with Crippen LogP contribution in [0, 0.1) is 11.8 Å². The third-order valence-electron chi connectivity index (χ3n) is 4.97. The predicted octanol–water partition coefficient (Wildman–Crippen LogP) is 1.28. The van der Waals surface area contributed by atoms with E-state index in [2.05, 4.69) is 0 Å². The van der Waals surface area contributed by atoms with E-state index in [1.54, 1.807) is 36.4 Å². The molecule has 3 aliphatic heterocycles. The first-order valence-corrected chi connectivity index (χ1v) is 8.20. The minimum Gasteiger partial charge on any atom is -0.494 e. The van der Waals surface area contributed by atoms with E-state index >= 15 is 0 Å². The van der Waals surface area contributed by atoms with Crippen molar-refractivity contribution in [3.8, 4) is 5.75 Å². The molecule has 1 N–H and O–H groups in total. The molecule has 2 amide bonds. The van der Waals surface area contributed by atoms with Crippen molar-refractivity contribution >= 4 is 17.5 Å². The summed E-state index contributed by atoms with van der Waals surface area (Å²) in [5, 5.41) is 9.70. The Kier molecular flexibility index (Phi) is 3.47. The van der Waals surface area contributed by atoms with Crippen molar-refractivity contribution in [3.05, 3.63) is 36.4 Å². The lowest BCUT2D eigenvalue weighted by molar-refractivity contribution is -0.128. The number of nitrogens with zero attached hydrogens (tertiary/aromatic N) is 1. The summed E-state index contributed by atoms with van der Waals surface area (Å²) in [5.41, 5.74) is -0.531. The lowest BCUT2D eigenvalue weighted by Gasteiger charge is -2.26. The Bertz CT molecular complexity index is 713. The fourth-order valence-electron chi connectivity index (χ4n) is 3.85. The van der Waals surface area contributed by atoms with Gasteiger partial charge < -0.3 is 14.6 Å². The summed E-state index contributed by atoms with van der Waals surface area (Å²) in [6, 6.07) is 6.93. The molecule has 126 valence electrons. The summed E-state index contributed by atoms with van der Waals surface area (Å²) in [7, 11) is 0. The largest absolute Gasteiger partial charge is 0.494 e. The fourth-order valence-corrected chi connectivity index (χ4v) is 3.85. The molecule has 6 heteroatoms. The van der Waals surface area contributed by atoms with E-state index in [1.165, 1.54) is 4.90 Å². The molecule has 1 aromatic carbocycles. The van der Waals surface area contributed by atoms with Crippen molar-refractivity contribution in [2.75, 3.05) is 18.1 Å². The molecule has 24 heavy (non-hydrogen) atoms. The number of amides is 2. The van der Waals surface area contributed by atoms with Crippen molar-refractivity contribution < 1.29 is 24.2 Å². The van der Waals surface area contributed by atoms with Gasteiger partial charge in [0.2, 0.25) is 11.8 Å². The van der Waals surface area contributed by atoms with Gasteiger partial charge in [-0.05, 0) is 30.7 Å². The smallest absolute Gasteiger partial charge is 0.241 e. The minimum absolute atomic E-state index is 0.267. The number of imide groups is 1. The predicted molar refractivity (Wildman–Crippen MR) is 85.5 cm³/mol. The molecule has 0 saturated carbocycles. The lowest BCUT2D eigenvalue weighted by atomic mass is 9.77. The van der Waals surface area contributed by atoms with Crippen LogP contribution in [0.1, 0.15) is 13.3 Å². The Hall–Kier alpha value is -2.18. The second kappa shape index (κ2) is 5.43. The highest BCUT2D eigenvalue weighted by Crippen LogP contribution is 2.52. The molecule has 1 aromatic rings. The van der Waals surface area contributed by atoms with Crippen LogP contribution in [-0.2, 0) is 14.3 Å². The molecular weight excluding hydrogens is 310 g/mol. The van der Waals surface area contributed by atoms with Crippen LogP contribution in [0.2, 0.25) is 0 Å². The molecule has 4 atom stereocenters. The Morgan fingerprint density at radius 1 is 1.25 bits per heavy atom. The topological polar surface area (TPSA) is 76.1 Å². The number of hydrogen-bond acceptors (Lipinski definition) is 5. The molecule has 2 fully saturated rings. The Morgan fingerprint density at radius 2 is 2.00 bits per heavy atom. The maximum absolute atomic E-state index is 12.9. The van der Waals surface area contributed by atoms with Gasteiger partial charge in [-0.25, -0.2) is 4.90 Å². The number of benzene rings is 1. The molecule has 0 unspecified atom stereocenters. The van der Waals surface area contributed by atoms with Crippen LogP contribution in [0.3, 0.4) is 0 Å². The number of carbonyl (C=O) groups is 2. The Balaban J connectivity index is 1.62. The summed E-state index contributed by atoms with van der Waals surface area (Å²) >= 11 is 0. The van der Waals surface area contributed by atoms with E-state index in [1.807, 2.05) is 6.92 Å². The van der Waals surface area contributed by atoms with Gasteiger partial charge >= 0.3 is 0 Å². The van der Waals surface area contributed by atoms with Crippen molar-refractivity contribution in [3.63, 3.8) is 0 Å². The number of carbonyl (C=O) groups excluding carboxylic acids is 2. The van der Waals surface area contributed by atoms with Crippen molar-refractivity contribution in [2.24, 2.45) is 11.8 Å². The van der Waals surface area contributed by atoms with Gasteiger partial charge in [0.15, 0.2) is 0 Å². The highest BCUT2D eigenvalue weighted by molar-refractivity contribution is 6.23. The number of rotatable bonds is 5. The molecule has 0 spiro atoms. The molecule has 2 saturated heterocycles. The van der Waals surface area contributed by atoms with Crippen LogP contribution in [0.15, 0.2) is 36.4 Å². The van der Waals surface area contributed by atoms with E-state index in [-0.39, 0.29) is 18.4 Å². The van der Waals surface area contributed by atoms with Gasteiger partial charge in [0, 0.05) is 0 Å². The van der Waals surface area contributed by atoms with Crippen molar-refractivity contribution in [2.45, 2.75) is 25.0 Å². The van der Waals surface area contributed by atoms with Crippen LogP contribution >= 0.6 is 0 Å². The average Bonchev–Trinajstić information content (AvgIpc) is 3.25. The number of ether oxygens (including phenoxy) is 2. The number of hydrogen-bond donors (Lipinski definition) is 1. The number of fused-ring (bicyclic) bond motifs is 5. The first-order chi connectivity index (χ1) is 11.6. The fraction of sp³-hybridized carbons (Fsp3) is 0.444. The molecule has 2 bridgehead atoms. The second-order valence-electron chi connectivity index (χ2n) is 6.41. The first kappa shape index (κ1) is 15.4. The maximum Gasteiger partial charge on any atom is 0.241 e. The van der Waals surface area contributed by atoms with E-state index < -0.39 is 23.5 Å². The Labute approximate surface area is 139 Å². The lowest BCUT2D eigenvalue weighted by Crippen LogP contribution is -2.43. The van der Waals surface area contributed by atoms with Gasteiger partial charge in [0.05, 0.1) is 36.8 Å². The van der Waals surface area contributed by atoms with Gasteiger partial charge in [0.25, 0.3) is 0 Å². The van der Waals surface area contributed by atoms with Gasteiger partial charge in [-0.15, -0.1) is 0 Å². The zero-order valence-electron chi connectivity index (χ0n) is 13.3. The van der Waals surface area contributed by atoms with Gasteiger partial charge in [-0.1, -0.05) is 19.1 Å². The SMILES string of the molecule is CCCOc1ccc(N2C(=O)[C@H]3[C@@H]4C=C[C@@](CO)(O4)[C@@H]3C2=O)cc1. The van der Waals surface area contributed by atoms with Crippen LogP contribution in [-0.4, -0.2) is 41.8 Å². The number of aliphatic hydroxyl groups excluding tert-OH is 1. The molecular formula is C18H19NO5. The normalized spacial score (nSPS) is 33.4. The van der Waals surface area contributed by atoms with E-state index in [0.717, 1.165) is 6.42 Å². The van der Waals surface area contributed by atoms with Gasteiger partial charge in [-0.2, -0.15) is 0 Å². The van der Waals surface area contributed by atoms with Crippen LogP contribution in [0.25, 0.3) is 0 Å². The highest BCUT2D eigenvalue weighted by Gasteiger charge is 2.67. The standard InChI is InChI=1S/C18H19NO5/c1-2-9-23-12-5-3-11(4-6-12)19-16(21)14-13-7-8-18(10-20,24-13)15(14)17(19)22/h3-8,13-15,20H,2,9-10H2,1H3/t13-,14-,15-,18-/m0/s1. The molecule has 3 aliphatic rings. The zero-order chi connectivity index (χ0) is 16.9. The van der Waals surface area contributed by atoms with Crippen LogP contribution in [0.4, 0.5) is 5.69 Å². The zero-order valence-corrected chi connectivity index (χ0v) is 13.3. The van der Waals surface area contributed by atoms with Gasteiger partial charge in [-0.3, -0.25) is 9.59 Å². The second-order valence-corrected chi connectivity index (χ2v) is 6.41. The minimum atomic E-state index is -1.05.